The summed E-state index contributed by atoms with van der Waals surface area (Å²) >= 11 is 0. The molecular formula is C12H21Si. The molecular weight excluding hydrogens is 172 g/mol. The van der Waals surface area contributed by atoms with Crippen LogP contribution in [0.15, 0.2) is 23.3 Å². The molecule has 13 heavy (non-hydrogen) atoms. The van der Waals surface area contributed by atoms with Crippen molar-refractivity contribution in [2.24, 2.45) is 5.41 Å². The zero-order valence-corrected chi connectivity index (χ0v) is 10.7. The van der Waals surface area contributed by atoms with E-state index in [2.05, 4.69) is 52.9 Å². The highest BCUT2D eigenvalue weighted by Crippen LogP contribution is 2.39. The SMILES string of the molecule is CC1=CC(C(C)(C)C)=CC1[Si](C)C. The van der Waals surface area contributed by atoms with E-state index in [1.165, 1.54) is 5.57 Å². The molecule has 0 saturated carbocycles. The molecule has 0 fully saturated rings. The molecule has 0 aromatic rings. The molecule has 0 N–H and O–H groups in total. The van der Waals surface area contributed by atoms with Crippen molar-refractivity contribution in [3.63, 3.8) is 0 Å². The van der Waals surface area contributed by atoms with Crippen LogP contribution in [0.5, 0.6) is 0 Å². The molecule has 0 aromatic heterocycles. The fourth-order valence-electron chi connectivity index (χ4n) is 1.78. The average molecular weight is 193 g/mol. The van der Waals surface area contributed by atoms with Gasteiger partial charge in [-0.05, 0) is 23.5 Å². The maximum Gasteiger partial charge on any atom is 0.0543 e. The molecule has 1 aliphatic carbocycles. The summed E-state index contributed by atoms with van der Waals surface area (Å²) in [6.45, 7) is 14.0. The maximum absolute atomic E-state index is 2.49. The normalized spacial score (nSPS) is 23.5. The van der Waals surface area contributed by atoms with E-state index in [1.807, 2.05) is 0 Å². The Labute approximate surface area is 84.3 Å². The highest BCUT2D eigenvalue weighted by molar-refractivity contribution is 6.59. The standard InChI is InChI=1S/C12H21Si/c1-9-7-10(12(2,3)4)8-11(9)13(5)6/h7-8,11H,1-6H3. The summed E-state index contributed by atoms with van der Waals surface area (Å²) < 4.78 is 0. The molecule has 0 bridgehead atoms. The summed E-state index contributed by atoms with van der Waals surface area (Å²) in [5, 5.41) is 0. The zero-order valence-electron chi connectivity index (χ0n) is 9.73. The first-order chi connectivity index (χ1) is 5.82. The van der Waals surface area contributed by atoms with Crippen LogP contribution in [0, 0.1) is 5.41 Å². The van der Waals surface area contributed by atoms with Gasteiger partial charge in [0, 0.05) is 0 Å². The minimum Gasteiger partial charge on any atom is -0.0766 e. The van der Waals surface area contributed by atoms with Gasteiger partial charge in [-0.1, -0.05) is 51.6 Å². The topological polar surface area (TPSA) is 0 Å². The van der Waals surface area contributed by atoms with Crippen molar-refractivity contribution in [3.05, 3.63) is 23.3 Å². The van der Waals surface area contributed by atoms with Gasteiger partial charge in [0.15, 0.2) is 0 Å². The molecule has 1 aliphatic rings. The van der Waals surface area contributed by atoms with Gasteiger partial charge in [-0.25, -0.2) is 0 Å². The van der Waals surface area contributed by atoms with Crippen LogP contribution in [0.2, 0.25) is 18.6 Å². The number of rotatable bonds is 1. The van der Waals surface area contributed by atoms with Crippen LogP contribution in [0.4, 0.5) is 0 Å². The Bertz CT molecular complexity index is 251. The van der Waals surface area contributed by atoms with Crippen LogP contribution in [0.1, 0.15) is 27.7 Å². The van der Waals surface area contributed by atoms with Crippen LogP contribution in [-0.4, -0.2) is 8.80 Å². The highest BCUT2D eigenvalue weighted by Gasteiger charge is 2.25. The van der Waals surface area contributed by atoms with Crippen molar-refractivity contribution in [3.8, 4) is 0 Å². The predicted molar refractivity (Wildman–Crippen MR) is 62.5 cm³/mol. The molecule has 1 radical (unpaired) electrons. The molecule has 0 aliphatic heterocycles. The fraction of sp³-hybridized carbons (Fsp3) is 0.667. The predicted octanol–water partition coefficient (Wildman–Crippen LogP) is 4.04. The lowest BCUT2D eigenvalue weighted by Gasteiger charge is -2.18. The first kappa shape index (κ1) is 10.8. The first-order valence-corrected chi connectivity index (χ1v) is 7.60. The molecule has 0 heterocycles. The van der Waals surface area contributed by atoms with Gasteiger partial charge in [0.2, 0.25) is 0 Å². The second-order valence-electron chi connectivity index (χ2n) is 5.32. The summed E-state index contributed by atoms with van der Waals surface area (Å²) in [7, 11) is -0.198. The highest BCUT2D eigenvalue weighted by atomic mass is 28.3. The molecule has 1 heteroatoms. The molecule has 0 spiro atoms. The van der Waals surface area contributed by atoms with Crippen molar-refractivity contribution in [2.45, 2.75) is 46.3 Å². The number of hydrogen-bond acceptors (Lipinski definition) is 0. The second kappa shape index (κ2) is 3.45. The molecule has 73 valence electrons. The zero-order chi connectivity index (χ0) is 10.2. The summed E-state index contributed by atoms with van der Waals surface area (Å²) in [6, 6.07) is 0. The Balaban J connectivity index is 2.90. The lowest BCUT2D eigenvalue weighted by molar-refractivity contribution is 0.517. The molecule has 1 rings (SSSR count). The van der Waals surface area contributed by atoms with E-state index in [0.29, 0.717) is 5.41 Å². The van der Waals surface area contributed by atoms with E-state index in [1.54, 1.807) is 5.57 Å². The van der Waals surface area contributed by atoms with Crippen LogP contribution in [0.25, 0.3) is 0 Å². The first-order valence-electron chi connectivity index (χ1n) is 5.03. The van der Waals surface area contributed by atoms with Crippen LogP contribution in [0.3, 0.4) is 0 Å². The summed E-state index contributed by atoms with van der Waals surface area (Å²) in [6.07, 6.45) is 4.88. The van der Waals surface area contributed by atoms with E-state index in [-0.39, 0.29) is 8.80 Å². The molecule has 1 unspecified atom stereocenters. The minimum absolute atomic E-state index is 0.198. The number of hydrogen-bond donors (Lipinski definition) is 0. The third kappa shape index (κ3) is 2.34. The van der Waals surface area contributed by atoms with Crippen molar-refractivity contribution < 1.29 is 0 Å². The third-order valence-corrected chi connectivity index (χ3v) is 4.57. The third-order valence-electron chi connectivity index (χ3n) is 2.71. The molecule has 1 atom stereocenters. The van der Waals surface area contributed by atoms with Crippen molar-refractivity contribution in [1.29, 1.82) is 0 Å². The maximum atomic E-state index is 2.49. The van der Waals surface area contributed by atoms with Gasteiger partial charge >= 0.3 is 0 Å². The Morgan fingerprint density at radius 3 is 2.00 bits per heavy atom. The van der Waals surface area contributed by atoms with Gasteiger partial charge in [-0.3, -0.25) is 0 Å². The Morgan fingerprint density at radius 1 is 1.23 bits per heavy atom. The lowest BCUT2D eigenvalue weighted by Crippen LogP contribution is -2.10. The van der Waals surface area contributed by atoms with Crippen molar-refractivity contribution in [1.82, 2.24) is 0 Å². The largest absolute Gasteiger partial charge is 0.0766 e. The Hall–Kier alpha value is -0.303. The average Bonchev–Trinajstić information content (AvgIpc) is 2.29. The summed E-state index contributed by atoms with van der Waals surface area (Å²) in [4.78, 5) is 0. The van der Waals surface area contributed by atoms with Gasteiger partial charge in [0.25, 0.3) is 0 Å². The van der Waals surface area contributed by atoms with Crippen molar-refractivity contribution in [2.75, 3.05) is 0 Å². The second-order valence-corrected chi connectivity index (χ2v) is 8.09. The summed E-state index contributed by atoms with van der Waals surface area (Å²) in [5.41, 5.74) is 4.21. The fourth-order valence-corrected chi connectivity index (χ4v) is 3.29. The van der Waals surface area contributed by atoms with Gasteiger partial charge < -0.3 is 0 Å². The van der Waals surface area contributed by atoms with Gasteiger partial charge in [0.1, 0.15) is 0 Å². The molecule has 0 aromatic carbocycles. The molecule has 0 saturated heterocycles. The molecule has 0 nitrogen and oxygen atoms in total. The Kier molecular flexibility index (Phi) is 2.86. The lowest BCUT2D eigenvalue weighted by atomic mass is 9.87. The van der Waals surface area contributed by atoms with E-state index in [4.69, 9.17) is 0 Å². The van der Waals surface area contributed by atoms with Gasteiger partial charge in [-0.2, -0.15) is 0 Å². The van der Waals surface area contributed by atoms with Crippen molar-refractivity contribution >= 4 is 8.80 Å². The van der Waals surface area contributed by atoms with Crippen LogP contribution < -0.4 is 0 Å². The minimum atomic E-state index is -0.198. The molecule has 0 amide bonds. The van der Waals surface area contributed by atoms with Gasteiger partial charge in [-0.15, -0.1) is 0 Å². The van der Waals surface area contributed by atoms with Crippen LogP contribution >= 0.6 is 0 Å². The van der Waals surface area contributed by atoms with Crippen LogP contribution in [-0.2, 0) is 0 Å². The van der Waals surface area contributed by atoms with E-state index < -0.39 is 0 Å². The Morgan fingerprint density at radius 2 is 1.77 bits per heavy atom. The summed E-state index contributed by atoms with van der Waals surface area (Å²) in [5.74, 6) is 0. The smallest absolute Gasteiger partial charge is 0.0543 e. The van der Waals surface area contributed by atoms with Gasteiger partial charge in [0.05, 0.1) is 8.80 Å². The van der Waals surface area contributed by atoms with E-state index in [9.17, 15) is 0 Å². The number of allylic oxidation sites excluding steroid dienone is 4. The quantitative estimate of drug-likeness (QED) is 0.551. The van der Waals surface area contributed by atoms with E-state index in [0.717, 1.165) is 5.54 Å². The van der Waals surface area contributed by atoms with E-state index >= 15 is 0 Å². The monoisotopic (exact) mass is 193 g/mol.